The summed E-state index contributed by atoms with van der Waals surface area (Å²) in [5, 5.41) is 0. The van der Waals surface area contributed by atoms with E-state index in [9.17, 15) is 8.78 Å². The van der Waals surface area contributed by atoms with Gasteiger partial charge < -0.3 is 9.47 Å². The van der Waals surface area contributed by atoms with Crippen LogP contribution in [-0.4, -0.2) is 14.2 Å². The van der Waals surface area contributed by atoms with Crippen LogP contribution < -0.4 is 9.47 Å². The molecule has 0 atom stereocenters. The van der Waals surface area contributed by atoms with Gasteiger partial charge in [0.15, 0.2) is 0 Å². The van der Waals surface area contributed by atoms with E-state index in [0.29, 0.717) is 6.42 Å². The smallest absolute Gasteiger partial charge is 0.129 e. The number of halogens is 2. The maximum Gasteiger partial charge on any atom is 0.129 e. The number of ether oxygens (including phenoxy) is 2. The largest absolute Gasteiger partial charge is 0.496 e. The topological polar surface area (TPSA) is 18.5 Å². The van der Waals surface area contributed by atoms with E-state index in [4.69, 9.17) is 9.47 Å². The molecule has 0 aliphatic rings. The SMILES string of the molecule is COc1cc(CCc2c(F)cccc2F)cc(OC)c1C(C)C. The molecule has 2 aromatic carbocycles. The number of methoxy groups -OCH3 is 2. The summed E-state index contributed by atoms with van der Waals surface area (Å²) >= 11 is 0. The molecule has 0 spiro atoms. The highest BCUT2D eigenvalue weighted by Crippen LogP contribution is 2.36. The molecule has 23 heavy (non-hydrogen) atoms. The van der Waals surface area contributed by atoms with Crippen molar-refractivity contribution in [3.05, 3.63) is 58.7 Å². The van der Waals surface area contributed by atoms with E-state index in [0.717, 1.165) is 22.6 Å². The molecule has 124 valence electrons. The normalized spacial score (nSPS) is 10.9. The third-order valence-corrected chi connectivity index (χ3v) is 3.91. The van der Waals surface area contributed by atoms with Gasteiger partial charge >= 0.3 is 0 Å². The summed E-state index contributed by atoms with van der Waals surface area (Å²) in [4.78, 5) is 0. The van der Waals surface area contributed by atoms with Gasteiger partial charge in [0.05, 0.1) is 14.2 Å². The van der Waals surface area contributed by atoms with Crippen molar-refractivity contribution in [3.63, 3.8) is 0 Å². The van der Waals surface area contributed by atoms with Crippen molar-refractivity contribution in [2.45, 2.75) is 32.6 Å². The highest BCUT2D eigenvalue weighted by molar-refractivity contribution is 5.50. The van der Waals surface area contributed by atoms with Gasteiger partial charge in [-0.25, -0.2) is 8.78 Å². The Bertz CT molecular complexity index is 636. The molecule has 0 aromatic heterocycles. The molecule has 0 unspecified atom stereocenters. The van der Waals surface area contributed by atoms with Gasteiger partial charge in [0.25, 0.3) is 0 Å². The van der Waals surface area contributed by atoms with Crippen LogP contribution in [0.1, 0.15) is 36.5 Å². The van der Waals surface area contributed by atoms with Gasteiger partial charge in [0, 0.05) is 11.1 Å². The third-order valence-electron chi connectivity index (χ3n) is 3.91. The van der Waals surface area contributed by atoms with Gasteiger partial charge in [-0.05, 0) is 48.6 Å². The van der Waals surface area contributed by atoms with Crippen molar-refractivity contribution >= 4 is 0 Å². The molecule has 0 aliphatic heterocycles. The van der Waals surface area contributed by atoms with Gasteiger partial charge in [-0.15, -0.1) is 0 Å². The van der Waals surface area contributed by atoms with E-state index in [1.807, 2.05) is 12.1 Å². The molecule has 0 bridgehead atoms. The zero-order chi connectivity index (χ0) is 17.0. The van der Waals surface area contributed by atoms with E-state index < -0.39 is 11.6 Å². The lowest BCUT2D eigenvalue weighted by atomic mass is 9.96. The summed E-state index contributed by atoms with van der Waals surface area (Å²) in [5.41, 5.74) is 2.03. The Morgan fingerprint density at radius 3 is 1.87 bits per heavy atom. The second-order valence-corrected chi connectivity index (χ2v) is 5.77. The lowest BCUT2D eigenvalue weighted by molar-refractivity contribution is 0.381. The minimum absolute atomic E-state index is 0.110. The van der Waals surface area contributed by atoms with Crippen LogP contribution >= 0.6 is 0 Å². The molecule has 2 nitrogen and oxygen atoms in total. The Labute approximate surface area is 136 Å². The molecule has 2 rings (SSSR count). The Morgan fingerprint density at radius 2 is 1.43 bits per heavy atom. The first kappa shape index (κ1) is 17.3. The molecular formula is C19H22F2O2. The van der Waals surface area contributed by atoms with Crippen LogP contribution in [0.15, 0.2) is 30.3 Å². The van der Waals surface area contributed by atoms with Crippen LogP contribution in [0.5, 0.6) is 11.5 Å². The third kappa shape index (κ3) is 3.81. The van der Waals surface area contributed by atoms with Crippen molar-refractivity contribution in [1.29, 1.82) is 0 Å². The van der Waals surface area contributed by atoms with Crippen LogP contribution in [0.2, 0.25) is 0 Å². The summed E-state index contributed by atoms with van der Waals surface area (Å²) in [6.07, 6.45) is 0.786. The predicted octanol–water partition coefficient (Wildman–Crippen LogP) is 4.89. The predicted molar refractivity (Wildman–Crippen MR) is 87.4 cm³/mol. The minimum atomic E-state index is -0.511. The fraction of sp³-hybridized carbons (Fsp3) is 0.368. The standard InChI is InChI=1S/C19H22F2O2/c1-12(2)19-17(22-3)10-13(11-18(19)23-4)8-9-14-15(20)6-5-7-16(14)21/h5-7,10-12H,8-9H2,1-4H3. The average Bonchev–Trinajstić information content (AvgIpc) is 2.53. The van der Waals surface area contributed by atoms with E-state index in [1.165, 1.54) is 18.2 Å². The quantitative estimate of drug-likeness (QED) is 0.754. The van der Waals surface area contributed by atoms with Crippen LogP contribution in [0, 0.1) is 11.6 Å². The molecule has 0 N–H and O–H groups in total. The summed E-state index contributed by atoms with van der Waals surface area (Å²) in [5.74, 6) is 0.704. The number of rotatable bonds is 6. The maximum atomic E-state index is 13.7. The van der Waals surface area contributed by atoms with E-state index in [-0.39, 0.29) is 17.9 Å². The fourth-order valence-electron chi connectivity index (χ4n) is 2.75. The average molecular weight is 320 g/mol. The van der Waals surface area contributed by atoms with Crippen LogP contribution in [0.25, 0.3) is 0 Å². The Balaban J connectivity index is 2.30. The summed E-state index contributed by atoms with van der Waals surface area (Å²) in [6, 6.07) is 7.76. The lowest BCUT2D eigenvalue weighted by Crippen LogP contribution is -2.03. The molecule has 0 saturated heterocycles. The van der Waals surface area contributed by atoms with Gasteiger partial charge in [0.2, 0.25) is 0 Å². The van der Waals surface area contributed by atoms with E-state index in [2.05, 4.69) is 13.8 Å². The molecule has 2 aromatic rings. The molecular weight excluding hydrogens is 298 g/mol. The van der Waals surface area contributed by atoms with E-state index >= 15 is 0 Å². The van der Waals surface area contributed by atoms with Crippen molar-refractivity contribution in [3.8, 4) is 11.5 Å². The first-order valence-corrected chi connectivity index (χ1v) is 7.65. The number of hydrogen-bond donors (Lipinski definition) is 0. The molecule has 4 heteroatoms. The first-order chi connectivity index (χ1) is 11.0. The molecule has 0 radical (unpaired) electrons. The van der Waals surface area contributed by atoms with Crippen molar-refractivity contribution in [2.75, 3.05) is 14.2 Å². The monoisotopic (exact) mass is 320 g/mol. The first-order valence-electron chi connectivity index (χ1n) is 7.65. The second kappa shape index (κ2) is 7.44. The van der Waals surface area contributed by atoms with Gasteiger partial charge in [0.1, 0.15) is 23.1 Å². The summed E-state index contributed by atoms with van der Waals surface area (Å²) < 4.78 is 38.4. The Hall–Kier alpha value is -2.10. The van der Waals surface area contributed by atoms with Gasteiger partial charge in [-0.3, -0.25) is 0 Å². The molecule has 0 saturated carbocycles. The summed E-state index contributed by atoms with van der Waals surface area (Å²) in [7, 11) is 3.22. The van der Waals surface area contributed by atoms with Crippen LogP contribution in [0.3, 0.4) is 0 Å². The maximum absolute atomic E-state index is 13.7. The Morgan fingerprint density at radius 1 is 0.913 bits per heavy atom. The number of aryl methyl sites for hydroxylation is 1. The highest BCUT2D eigenvalue weighted by Gasteiger charge is 2.16. The van der Waals surface area contributed by atoms with E-state index in [1.54, 1.807) is 14.2 Å². The second-order valence-electron chi connectivity index (χ2n) is 5.77. The zero-order valence-corrected chi connectivity index (χ0v) is 14.0. The van der Waals surface area contributed by atoms with Crippen LogP contribution in [0.4, 0.5) is 8.78 Å². The molecule has 0 heterocycles. The van der Waals surface area contributed by atoms with Gasteiger partial charge in [-0.1, -0.05) is 19.9 Å². The van der Waals surface area contributed by atoms with Crippen molar-refractivity contribution < 1.29 is 18.3 Å². The lowest BCUT2D eigenvalue weighted by Gasteiger charge is -2.18. The molecule has 0 aliphatic carbocycles. The zero-order valence-electron chi connectivity index (χ0n) is 14.0. The number of hydrogen-bond acceptors (Lipinski definition) is 2. The summed E-state index contributed by atoms with van der Waals surface area (Å²) in [6.45, 7) is 4.13. The van der Waals surface area contributed by atoms with Crippen LogP contribution in [-0.2, 0) is 12.8 Å². The number of benzene rings is 2. The van der Waals surface area contributed by atoms with Crippen molar-refractivity contribution in [1.82, 2.24) is 0 Å². The molecule has 0 amide bonds. The van der Waals surface area contributed by atoms with Crippen molar-refractivity contribution in [2.24, 2.45) is 0 Å². The minimum Gasteiger partial charge on any atom is -0.496 e. The fourth-order valence-corrected chi connectivity index (χ4v) is 2.75. The highest BCUT2D eigenvalue weighted by atomic mass is 19.1. The molecule has 0 fully saturated rings. The Kier molecular flexibility index (Phi) is 5.59. The van der Waals surface area contributed by atoms with Gasteiger partial charge in [-0.2, -0.15) is 0 Å².